The Labute approximate surface area is 161 Å². The highest BCUT2D eigenvalue weighted by Crippen LogP contribution is 2.47. The number of carbonyl (C=O) groups excluding carboxylic acids is 1. The third-order valence-corrected chi connectivity index (χ3v) is 6.55. The van der Waals surface area contributed by atoms with Crippen LogP contribution >= 0.6 is 11.6 Å². The van der Waals surface area contributed by atoms with Crippen LogP contribution in [-0.4, -0.2) is 45.8 Å². The van der Waals surface area contributed by atoms with Gasteiger partial charge in [0.1, 0.15) is 0 Å². The first-order valence-electron chi connectivity index (χ1n) is 9.58. The average Bonchev–Trinajstić information content (AvgIpc) is 3.32. The van der Waals surface area contributed by atoms with Crippen molar-refractivity contribution in [3.8, 4) is 0 Å². The first kappa shape index (κ1) is 19.1. The maximum atomic E-state index is 13.1. The van der Waals surface area contributed by atoms with Crippen molar-refractivity contribution in [2.45, 2.75) is 81.7 Å². The number of hydrogen-bond donors (Lipinski definition) is 1. The Morgan fingerprint density at radius 1 is 1.22 bits per heavy atom. The van der Waals surface area contributed by atoms with Crippen molar-refractivity contribution in [1.29, 1.82) is 0 Å². The number of halogens is 4. The Bertz CT molecular complexity index is 717. The summed E-state index contributed by atoms with van der Waals surface area (Å²) in [6, 6.07) is 1.20. The van der Waals surface area contributed by atoms with Crippen LogP contribution in [0.1, 0.15) is 62.3 Å². The Morgan fingerprint density at radius 2 is 1.85 bits per heavy atom. The van der Waals surface area contributed by atoms with Crippen molar-refractivity contribution < 1.29 is 18.0 Å². The highest BCUT2D eigenvalue weighted by atomic mass is 35.5. The minimum atomic E-state index is -4.58. The number of hydrogen-bond acceptors (Lipinski definition) is 3. The molecule has 9 heteroatoms. The molecular formula is C18H24ClF3N4O. The number of fused-ring (bicyclic) bond motifs is 2. The van der Waals surface area contributed by atoms with Crippen molar-refractivity contribution >= 4 is 17.5 Å². The van der Waals surface area contributed by atoms with Crippen molar-refractivity contribution in [2.75, 3.05) is 7.05 Å². The summed E-state index contributed by atoms with van der Waals surface area (Å²) in [6.45, 7) is 0.118. The fourth-order valence-corrected chi connectivity index (χ4v) is 4.98. The maximum absolute atomic E-state index is 13.1. The van der Waals surface area contributed by atoms with Crippen molar-refractivity contribution in [3.05, 3.63) is 16.4 Å². The minimum absolute atomic E-state index is 0.0219. The molecule has 3 heterocycles. The Morgan fingerprint density at radius 3 is 2.41 bits per heavy atom. The van der Waals surface area contributed by atoms with E-state index in [4.69, 9.17) is 11.6 Å². The Hall–Kier alpha value is -1.28. The summed E-state index contributed by atoms with van der Waals surface area (Å²) in [7, 11) is 2.14. The molecule has 2 aliphatic heterocycles. The predicted molar refractivity (Wildman–Crippen MR) is 94.6 cm³/mol. The largest absolute Gasteiger partial charge is 0.436 e. The van der Waals surface area contributed by atoms with E-state index >= 15 is 0 Å². The lowest BCUT2D eigenvalue weighted by molar-refractivity contribution is -0.141. The van der Waals surface area contributed by atoms with Gasteiger partial charge in [0.05, 0.1) is 17.3 Å². The highest BCUT2D eigenvalue weighted by Gasteiger charge is 2.42. The summed E-state index contributed by atoms with van der Waals surface area (Å²) in [5, 5.41) is 6.43. The first-order chi connectivity index (χ1) is 12.7. The van der Waals surface area contributed by atoms with Gasteiger partial charge in [-0.15, -0.1) is 0 Å². The van der Waals surface area contributed by atoms with Gasteiger partial charge in [-0.1, -0.05) is 11.6 Å². The molecule has 5 nitrogen and oxygen atoms in total. The molecule has 1 saturated carbocycles. The predicted octanol–water partition coefficient (Wildman–Crippen LogP) is 3.56. The fraction of sp³-hybridized carbons (Fsp3) is 0.778. The number of rotatable bonds is 5. The highest BCUT2D eigenvalue weighted by molar-refractivity contribution is 6.32. The number of aromatic nitrogens is 2. The number of nitrogens with one attached hydrogen (secondary N) is 1. The summed E-state index contributed by atoms with van der Waals surface area (Å²) in [4.78, 5) is 14.8. The third-order valence-electron chi connectivity index (χ3n) is 6.18. The van der Waals surface area contributed by atoms with Crippen LogP contribution in [0.2, 0.25) is 5.02 Å². The van der Waals surface area contributed by atoms with E-state index in [2.05, 4.69) is 22.4 Å². The molecule has 1 N–H and O–H groups in total. The van der Waals surface area contributed by atoms with Crippen LogP contribution in [-0.2, 0) is 17.5 Å². The van der Waals surface area contributed by atoms with E-state index in [0.29, 0.717) is 17.8 Å². The quantitative estimate of drug-likeness (QED) is 0.816. The van der Waals surface area contributed by atoms with E-state index in [1.165, 1.54) is 17.5 Å². The lowest BCUT2D eigenvalue weighted by atomic mass is 9.98. The number of carbonyl (C=O) groups is 1. The molecule has 2 unspecified atom stereocenters. The van der Waals surface area contributed by atoms with Gasteiger partial charge in [-0.25, -0.2) is 0 Å². The zero-order valence-electron chi connectivity index (χ0n) is 15.2. The van der Waals surface area contributed by atoms with Crippen LogP contribution in [0.5, 0.6) is 0 Å². The number of amides is 1. The van der Waals surface area contributed by atoms with Crippen LogP contribution in [0.4, 0.5) is 13.2 Å². The lowest BCUT2D eigenvalue weighted by Gasteiger charge is -2.36. The van der Waals surface area contributed by atoms with Crippen LogP contribution in [0.25, 0.3) is 0 Å². The van der Waals surface area contributed by atoms with E-state index in [1.54, 1.807) is 0 Å². The maximum Gasteiger partial charge on any atom is 0.436 e. The molecule has 0 aromatic carbocycles. The third kappa shape index (κ3) is 3.83. The minimum Gasteiger partial charge on any atom is -0.353 e. The van der Waals surface area contributed by atoms with Gasteiger partial charge in [0.15, 0.2) is 5.69 Å². The Kier molecular flexibility index (Phi) is 4.91. The zero-order valence-corrected chi connectivity index (χ0v) is 16.0. The second-order valence-electron chi connectivity index (χ2n) is 8.08. The molecule has 3 fully saturated rings. The van der Waals surface area contributed by atoms with Crippen LogP contribution < -0.4 is 5.32 Å². The topological polar surface area (TPSA) is 50.2 Å². The normalized spacial score (nSPS) is 28.6. The number of piperidine rings is 1. The lowest BCUT2D eigenvalue weighted by Crippen LogP contribution is -2.48. The van der Waals surface area contributed by atoms with Gasteiger partial charge in [-0.3, -0.25) is 9.48 Å². The van der Waals surface area contributed by atoms with E-state index < -0.39 is 11.9 Å². The number of alkyl halides is 3. The Balaban J connectivity index is 1.38. The SMILES string of the molecule is CN1C2CCC1CC(NC(=O)CCn1nc(C(F)(F)F)c(Cl)c1C1CC1)C2. The molecule has 0 spiro atoms. The van der Waals surface area contributed by atoms with E-state index in [1.807, 2.05) is 0 Å². The molecular weight excluding hydrogens is 381 g/mol. The van der Waals surface area contributed by atoms with Gasteiger partial charge >= 0.3 is 6.18 Å². The van der Waals surface area contributed by atoms with Gasteiger partial charge in [0.25, 0.3) is 0 Å². The standard InChI is InChI=1S/C18H24ClF3N4O/c1-25-12-4-5-13(25)9-11(8-12)23-14(27)6-7-26-16(10-2-3-10)15(19)17(24-26)18(20,21)22/h10-13H,2-9H2,1H3,(H,23,27). The molecule has 1 aromatic heterocycles. The van der Waals surface area contributed by atoms with E-state index in [0.717, 1.165) is 25.7 Å². The number of nitrogens with zero attached hydrogens (tertiary/aromatic N) is 3. The molecule has 150 valence electrons. The van der Waals surface area contributed by atoms with Crippen molar-refractivity contribution in [1.82, 2.24) is 20.0 Å². The molecule has 1 aromatic rings. The van der Waals surface area contributed by atoms with Gasteiger partial charge in [0, 0.05) is 30.5 Å². The first-order valence-corrected chi connectivity index (χ1v) is 9.96. The van der Waals surface area contributed by atoms with Crippen molar-refractivity contribution in [2.24, 2.45) is 0 Å². The number of aryl methyl sites for hydroxylation is 1. The molecule has 2 saturated heterocycles. The second-order valence-corrected chi connectivity index (χ2v) is 8.46. The zero-order chi connectivity index (χ0) is 19.3. The van der Waals surface area contributed by atoms with E-state index in [9.17, 15) is 18.0 Å². The monoisotopic (exact) mass is 404 g/mol. The summed E-state index contributed by atoms with van der Waals surface area (Å²) < 4.78 is 40.6. The molecule has 4 rings (SSSR count). The van der Waals surface area contributed by atoms with Gasteiger partial charge in [-0.2, -0.15) is 18.3 Å². The summed E-state index contributed by atoms with van der Waals surface area (Å²) in [5.41, 5.74) is -0.618. The van der Waals surface area contributed by atoms with Gasteiger partial charge < -0.3 is 10.2 Å². The van der Waals surface area contributed by atoms with Crippen LogP contribution in [0.3, 0.4) is 0 Å². The van der Waals surface area contributed by atoms with Crippen molar-refractivity contribution in [3.63, 3.8) is 0 Å². The molecule has 1 aliphatic carbocycles. The average molecular weight is 405 g/mol. The summed E-state index contributed by atoms with van der Waals surface area (Å²) >= 11 is 5.96. The smallest absolute Gasteiger partial charge is 0.353 e. The van der Waals surface area contributed by atoms with Crippen LogP contribution in [0, 0.1) is 0 Å². The fourth-order valence-electron chi connectivity index (χ4n) is 4.59. The molecule has 0 radical (unpaired) electrons. The van der Waals surface area contributed by atoms with Gasteiger partial charge in [0.2, 0.25) is 5.91 Å². The second kappa shape index (κ2) is 6.95. The summed E-state index contributed by atoms with van der Waals surface area (Å²) in [5.74, 6) is -0.112. The summed E-state index contributed by atoms with van der Waals surface area (Å²) in [6.07, 6.45) is 1.38. The van der Waals surface area contributed by atoms with E-state index in [-0.39, 0.29) is 35.9 Å². The van der Waals surface area contributed by atoms with Crippen LogP contribution in [0.15, 0.2) is 0 Å². The molecule has 2 atom stereocenters. The molecule has 3 aliphatic rings. The van der Waals surface area contributed by atoms with Gasteiger partial charge in [-0.05, 0) is 45.6 Å². The molecule has 27 heavy (non-hydrogen) atoms. The molecule has 2 bridgehead atoms. The molecule has 1 amide bonds.